The molecule has 1 aromatic heterocycles. The van der Waals surface area contributed by atoms with E-state index < -0.39 is 0 Å². The van der Waals surface area contributed by atoms with Crippen LogP contribution in [0.2, 0.25) is 0 Å². The number of rotatable bonds is 6. The first-order chi connectivity index (χ1) is 10.2. The van der Waals surface area contributed by atoms with Crippen molar-refractivity contribution >= 4 is 5.69 Å². The molecule has 0 fully saturated rings. The maximum absolute atomic E-state index is 5.36. The Bertz CT molecular complexity index is 614. The van der Waals surface area contributed by atoms with Gasteiger partial charge in [0.1, 0.15) is 17.2 Å². The van der Waals surface area contributed by atoms with Gasteiger partial charge in [-0.3, -0.25) is 4.98 Å². The minimum absolute atomic E-state index is 0.584. The minimum atomic E-state index is 0.584. The molecule has 0 bridgehead atoms. The van der Waals surface area contributed by atoms with Crippen LogP contribution < -0.4 is 19.5 Å². The van der Waals surface area contributed by atoms with E-state index in [4.69, 9.17) is 14.2 Å². The quantitative estimate of drug-likeness (QED) is 0.885. The van der Waals surface area contributed by atoms with E-state index in [1.165, 1.54) is 0 Å². The Hall–Kier alpha value is -2.43. The topological polar surface area (TPSA) is 52.6 Å². The summed E-state index contributed by atoms with van der Waals surface area (Å²) in [6, 6.07) is 9.46. The van der Waals surface area contributed by atoms with E-state index in [2.05, 4.69) is 10.3 Å². The number of aromatic nitrogens is 1. The first-order valence-corrected chi connectivity index (χ1v) is 6.63. The predicted octanol–water partition coefficient (Wildman–Crippen LogP) is 3.03. The Morgan fingerprint density at radius 1 is 0.952 bits per heavy atom. The SMILES string of the molecule is COc1cc(C)nc(CNc2ccc(OC)cc2OC)c1. The van der Waals surface area contributed by atoms with Gasteiger partial charge >= 0.3 is 0 Å². The standard InChI is InChI=1S/C16H20N2O3/c1-11-7-14(20-3)8-12(18-11)10-17-15-6-5-13(19-2)9-16(15)21-4/h5-9,17H,10H2,1-4H3. The zero-order chi connectivity index (χ0) is 15.2. The number of nitrogens with one attached hydrogen (secondary N) is 1. The Balaban J connectivity index is 2.14. The molecule has 21 heavy (non-hydrogen) atoms. The molecule has 5 nitrogen and oxygen atoms in total. The summed E-state index contributed by atoms with van der Waals surface area (Å²) in [5, 5.41) is 3.31. The normalized spacial score (nSPS) is 10.1. The highest BCUT2D eigenvalue weighted by molar-refractivity contribution is 5.59. The van der Waals surface area contributed by atoms with Crippen molar-refractivity contribution in [1.82, 2.24) is 4.98 Å². The second-order valence-electron chi connectivity index (χ2n) is 4.56. The first-order valence-electron chi connectivity index (χ1n) is 6.63. The van der Waals surface area contributed by atoms with Crippen molar-refractivity contribution in [3.8, 4) is 17.2 Å². The van der Waals surface area contributed by atoms with Gasteiger partial charge in [0.15, 0.2) is 0 Å². The number of hydrogen-bond acceptors (Lipinski definition) is 5. The molecule has 0 aliphatic heterocycles. The van der Waals surface area contributed by atoms with Gasteiger partial charge in [0, 0.05) is 23.9 Å². The third kappa shape index (κ3) is 3.78. The van der Waals surface area contributed by atoms with Crippen LogP contribution in [0.4, 0.5) is 5.69 Å². The largest absolute Gasteiger partial charge is 0.497 e. The molecule has 0 radical (unpaired) electrons. The van der Waals surface area contributed by atoms with E-state index in [0.29, 0.717) is 6.54 Å². The molecule has 0 unspecified atom stereocenters. The van der Waals surface area contributed by atoms with Gasteiger partial charge in [-0.15, -0.1) is 0 Å². The van der Waals surface area contributed by atoms with Crippen LogP contribution in [0.3, 0.4) is 0 Å². The Labute approximate surface area is 124 Å². The minimum Gasteiger partial charge on any atom is -0.497 e. The highest BCUT2D eigenvalue weighted by Gasteiger charge is 2.06. The average Bonchev–Trinajstić information content (AvgIpc) is 2.52. The van der Waals surface area contributed by atoms with Crippen molar-refractivity contribution in [2.75, 3.05) is 26.6 Å². The third-order valence-electron chi connectivity index (χ3n) is 3.08. The molecule has 0 amide bonds. The van der Waals surface area contributed by atoms with Gasteiger partial charge in [0.2, 0.25) is 0 Å². The second kappa shape index (κ2) is 6.83. The fourth-order valence-electron chi connectivity index (χ4n) is 2.04. The summed E-state index contributed by atoms with van der Waals surface area (Å²) in [6.07, 6.45) is 0. The van der Waals surface area contributed by atoms with Crippen molar-refractivity contribution in [3.05, 3.63) is 41.7 Å². The lowest BCUT2D eigenvalue weighted by molar-refractivity contribution is 0.395. The van der Waals surface area contributed by atoms with Crippen LogP contribution in [0.1, 0.15) is 11.4 Å². The molecule has 0 atom stereocenters. The van der Waals surface area contributed by atoms with Crippen LogP contribution in [0, 0.1) is 6.92 Å². The van der Waals surface area contributed by atoms with E-state index in [1.807, 2.05) is 37.3 Å². The second-order valence-corrected chi connectivity index (χ2v) is 4.56. The smallest absolute Gasteiger partial charge is 0.145 e. The van der Waals surface area contributed by atoms with E-state index in [-0.39, 0.29) is 0 Å². The lowest BCUT2D eigenvalue weighted by Gasteiger charge is -2.13. The Morgan fingerprint density at radius 3 is 2.38 bits per heavy atom. The van der Waals surface area contributed by atoms with Gasteiger partial charge in [-0.2, -0.15) is 0 Å². The van der Waals surface area contributed by atoms with Gasteiger partial charge in [0.25, 0.3) is 0 Å². The molecule has 0 spiro atoms. The molecule has 5 heteroatoms. The summed E-state index contributed by atoms with van der Waals surface area (Å²) in [5.74, 6) is 2.29. The highest BCUT2D eigenvalue weighted by Crippen LogP contribution is 2.29. The van der Waals surface area contributed by atoms with Crippen LogP contribution in [-0.4, -0.2) is 26.3 Å². The number of benzene rings is 1. The summed E-state index contributed by atoms with van der Waals surface area (Å²) in [4.78, 5) is 4.48. The lowest BCUT2D eigenvalue weighted by atomic mass is 10.2. The summed E-state index contributed by atoms with van der Waals surface area (Å²) >= 11 is 0. The number of nitrogens with zero attached hydrogens (tertiary/aromatic N) is 1. The molecule has 2 rings (SSSR count). The highest BCUT2D eigenvalue weighted by atomic mass is 16.5. The van der Waals surface area contributed by atoms with Crippen molar-refractivity contribution in [1.29, 1.82) is 0 Å². The summed E-state index contributed by atoms with van der Waals surface area (Å²) in [7, 11) is 4.91. The number of hydrogen-bond donors (Lipinski definition) is 1. The fourth-order valence-corrected chi connectivity index (χ4v) is 2.04. The number of anilines is 1. The number of ether oxygens (including phenoxy) is 3. The Kier molecular flexibility index (Phi) is 4.87. The lowest BCUT2D eigenvalue weighted by Crippen LogP contribution is -2.04. The maximum atomic E-state index is 5.36. The van der Waals surface area contributed by atoms with E-state index in [0.717, 1.165) is 34.3 Å². The molecule has 0 aliphatic carbocycles. The summed E-state index contributed by atoms with van der Waals surface area (Å²) in [6.45, 7) is 2.53. The van der Waals surface area contributed by atoms with E-state index in [9.17, 15) is 0 Å². The number of methoxy groups -OCH3 is 3. The molecule has 0 saturated carbocycles. The van der Waals surface area contributed by atoms with Crippen molar-refractivity contribution in [3.63, 3.8) is 0 Å². The van der Waals surface area contributed by atoms with Crippen molar-refractivity contribution in [2.24, 2.45) is 0 Å². The Morgan fingerprint density at radius 2 is 1.71 bits per heavy atom. The van der Waals surface area contributed by atoms with Gasteiger partial charge in [0.05, 0.1) is 39.3 Å². The van der Waals surface area contributed by atoms with E-state index in [1.54, 1.807) is 21.3 Å². The zero-order valence-corrected chi connectivity index (χ0v) is 12.8. The maximum Gasteiger partial charge on any atom is 0.145 e. The first kappa shape index (κ1) is 15.0. The van der Waals surface area contributed by atoms with E-state index >= 15 is 0 Å². The molecular weight excluding hydrogens is 268 g/mol. The van der Waals surface area contributed by atoms with Crippen LogP contribution in [-0.2, 0) is 6.54 Å². The molecule has 2 aromatic rings. The number of aryl methyl sites for hydroxylation is 1. The molecular formula is C16H20N2O3. The third-order valence-corrected chi connectivity index (χ3v) is 3.08. The van der Waals surface area contributed by atoms with Gasteiger partial charge < -0.3 is 19.5 Å². The van der Waals surface area contributed by atoms with Gasteiger partial charge in [-0.1, -0.05) is 0 Å². The zero-order valence-electron chi connectivity index (χ0n) is 12.8. The van der Waals surface area contributed by atoms with Crippen molar-refractivity contribution < 1.29 is 14.2 Å². The van der Waals surface area contributed by atoms with Crippen LogP contribution >= 0.6 is 0 Å². The van der Waals surface area contributed by atoms with Crippen LogP contribution in [0.15, 0.2) is 30.3 Å². The number of pyridine rings is 1. The fraction of sp³-hybridized carbons (Fsp3) is 0.312. The molecule has 1 N–H and O–H groups in total. The predicted molar refractivity (Wildman–Crippen MR) is 82.4 cm³/mol. The summed E-state index contributed by atoms with van der Waals surface area (Å²) in [5.41, 5.74) is 2.72. The molecule has 112 valence electrons. The van der Waals surface area contributed by atoms with Crippen LogP contribution in [0.5, 0.6) is 17.2 Å². The van der Waals surface area contributed by atoms with Gasteiger partial charge in [-0.25, -0.2) is 0 Å². The molecule has 1 aromatic carbocycles. The van der Waals surface area contributed by atoms with Gasteiger partial charge in [-0.05, 0) is 19.1 Å². The van der Waals surface area contributed by atoms with Crippen molar-refractivity contribution in [2.45, 2.75) is 13.5 Å². The monoisotopic (exact) mass is 288 g/mol. The molecule has 0 aliphatic rings. The molecule has 0 saturated heterocycles. The summed E-state index contributed by atoms with van der Waals surface area (Å²) < 4.78 is 15.8. The average molecular weight is 288 g/mol. The van der Waals surface area contributed by atoms with Crippen LogP contribution in [0.25, 0.3) is 0 Å². The molecule has 1 heterocycles.